The highest BCUT2D eigenvalue weighted by atomic mass is 32.1. The van der Waals surface area contributed by atoms with Gasteiger partial charge in [0.25, 0.3) is 5.91 Å². The predicted octanol–water partition coefficient (Wildman–Crippen LogP) is 3.97. The van der Waals surface area contributed by atoms with E-state index in [0.717, 1.165) is 27.5 Å². The van der Waals surface area contributed by atoms with E-state index >= 15 is 0 Å². The third kappa shape index (κ3) is 3.77. The second-order valence-corrected chi connectivity index (χ2v) is 7.87. The quantitative estimate of drug-likeness (QED) is 0.514. The third-order valence-corrected chi connectivity index (χ3v) is 5.67. The summed E-state index contributed by atoms with van der Waals surface area (Å²) >= 11 is 1.59. The van der Waals surface area contributed by atoms with Crippen molar-refractivity contribution >= 4 is 39.5 Å². The summed E-state index contributed by atoms with van der Waals surface area (Å²) in [6.45, 7) is -0.0930. The molecule has 7 nitrogen and oxygen atoms in total. The smallest absolute Gasteiger partial charge is 0.262 e. The topological polar surface area (TPSA) is 84.7 Å². The van der Waals surface area contributed by atoms with E-state index in [1.54, 1.807) is 23.5 Å². The van der Waals surface area contributed by atoms with Crippen molar-refractivity contribution in [3.05, 3.63) is 65.8 Å². The number of fused-ring (bicyclic) bond motifs is 2. The molecule has 2 amide bonds. The first-order valence-electron chi connectivity index (χ1n) is 9.52. The Kier molecular flexibility index (Phi) is 4.68. The van der Waals surface area contributed by atoms with Crippen LogP contribution in [0.25, 0.3) is 16.2 Å². The van der Waals surface area contributed by atoms with Gasteiger partial charge in [0.2, 0.25) is 5.91 Å². The van der Waals surface area contributed by atoms with Gasteiger partial charge in [-0.15, -0.1) is 11.3 Å². The van der Waals surface area contributed by atoms with Crippen LogP contribution in [0.2, 0.25) is 0 Å². The molecule has 2 aromatic carbocycles. The normalized spacial score (nSPS) is 13.0. The summed E-state index contributed by atoms with van der Waals surface area (Å²) in [6.07, 6.45) is 5.09. The van der Waals surface area contributed by atoms with Crippen LogP contribution in [0, 0.1) is 0 Å². The summed E-state index contributed by atoms with van der Waals surface area (Å²) in [5.41, 5.74) is 4.40. The fourth-order valence-electron chi connectivity index (χ4n) is 3.39. The predicted molar refractivity (Wildman–Crippen MR) is 116 cm³/mol. The number of amides is 2. The second kappa shape index (κ2) is 7.64. The summed E-state index contributed by atoms with van der Waals surface area (Å²) in [4.78, 5) is 29.2. The van der Waals surface area contributed by atoms with Crippen LogP contribution in [-0.4, -0.2) is 27.8 Å². The van der Waals surface area contributed by atoms with E-state index in [-0.39, 0.29) is 18.4 Å². The van der Waals surface area contributed by atoms with Crippen LogP contribution in [0.15, 0.2) is 60.2 Å². The standard InChI is InChI=1S/C22H18N4O3S/c27-20-8-3-15-11-17(6-7-18(15)24-20)29-13-21(28)23-16-4-1-14(2-5-16)19-12-26-9-10-30-22(26)25-19/h1-2,4-7,9-12H,3,8,13H2,(H,23,28)(H,24,27). The molecule has 1 aliphatic rings. The number of hydrogen-bond donors (Lipinski definition) is 2. The average molecular weight is 418 g/mol. The van der Waals surface area contributed by atoms with Gasteiger partial charge in [-0.05, 0) is 42.3 Å². The number of benzene rings is 2. The number of carbonyl (C=O) groups is 2. The summed E-state index contributed by atoms with van der Waals surface area (Å²) < 4.78 is 7.60. The molecule has 5 rings (SSSR count). The molecule has 0 radical (unpaired) electrons. The van der Waals surface area contributed by atoms with Gasteiger partial charge in [-0.1, -0.05) is 12.1 Å². The molecule has 2 aromatic heterocycles. The van der Waals surface area contributed by atoms with E-state index in [4.69, 9.17) is 4.74 Å². The number of thiazole rings is 1. The SMILES string of the molecule is O=C(COc1ccc2c(c1)CCC(=O)N2)Nc1ccc(-c2cn3ccsc3n2)cc1. The van der Waals surface area contributed by atoms with Crippen molar-refractivity contribution in [1.82, 2.24) is 9.38 Å². The number of hydrogen-bond acceptors (Lipinski definition) is 5. The van der Waals surface area contributed by atoms with E-state index in [0.29, 0.717) is 24.3 Å². The van der Waals surface area contributed by atoms with E-state index in [1.807, 2.05) is 52.5 Å². The third-order valence-electron chi connectivity index (χ3n) is 4.90. The zero-order valence-electron chi connectivity index (χ0n) is 15.9. The Labute approximate surface area is 176 Å². The Morgan fingerprint density at radius 2 is 2.07 bits per heavy atom. The number of carbonyl (C=O) groups excluding carboxylic acids is 2. The Balaban J connectivity index is 1.18. The van der Waals surface area contributed by atoms with Crippen LogP contribution in [0.4, 0.5) is 11.4 Å². The second-order valence-electron chi connectivity index (χ2n) is 7.00. The lowest BCUT2D eigenvalue weighted by Gasteiger charge is -2.17. The summed E-state index contributed by atoms with van der Waals surface area (Å²) in [6, 6.07) is 13.0. The van der Waals surface area contributed by atoms with Crippen molar-refractivity contribution in [1.29, 1.82) is 0 Å². The van der Waals surface area contributed by atoms with E-state index in [1.165, 1.54) is 0 Å². The fourth-order valence-corrected chi connectivity index (χ4v) is 4.09. The lowest BCUT2D eigenvalue weighted by molar-refractivity contribution is -0.118. The van der Waals surface area contributed by atoms with Crippen LogP contribution in [0.5, 0.6) is 5.75 Å². The fraction of sp³-hybridized carbons (Fsp3) is 0.136. The lowest BCUT2D eigenvalue weighted by atomic mass is 10.0. The van der Waals surface area contributed by atoms with Crippen molar-refractivity contribution in [2.75, 3.05) is 17.2 Å². The molecule has 1 aliphatic heterocycles. The van der Waals surface area contributed by atoms with Gasteiger partial charge in [0.15, 0.2) is 11.6 Å². The van der Waals surface area contributed by atoms with Crippen LogP contribution in [0.3, 0.4) is 0 Å². The monoisotopic (exact) mass is 418 g/mol. The minimum absolute atomic E-state index is 0.0225. The van der Waals surface area contributed by atoms with E-state index in [2.05, 4.69) is 15.6 Å². The van der Waals surface area contributed by atoms with Gasteiger partial charge < -0.3 is 15.4 Å². The average Bonchev–Trinajstić information content (AvgIpc) is 3.35. The number of aromatic nitrogens is 2. The minimum Gasteiger partial charge on any atom is -0.484 e. The number of nitrogens with one attached hydrogen (secondary N) is 2. The first kappa shape index (κ1) is 18.4. The van der Waals surface area contributed by atoms with Gasteiger partial charge in [0, 0.05) is 41.1 Å². The molecule has 0 unspecified atom stereocenters. The van der Waals surface area contributed by atoms with Crippen LogP contribution < -0.4 is 15.4 Å². The molecular weight excluding hydrogens is 400 g/mol. The molecule has 30 heavy (non-hydrogen) atoms. The van der Waals surface area contributed by atoms with Gasteiger partial charge >= 0.3 is 0 Å². The van der Waals surface area contributed by atoms with E-state index < -0.39 is 0 Å². The molecule has 0 spiro atoms. The molecule has 4 aromatic rings. The number of rotatable bonds is 5. The Morgan fingerprint density at radius 3 is 2.90 bits per heavy atom. The minimum atomic E-state index is -0.240. The van der Waals surface area contributed by atoms with Crippen molar-refractivity contribution in [3.8, 4) is 17.0 Å². The van der Waals surface area contributed by atoms with Crippen molar-refractivity contribution in [2.24, 2.45) is 0 Å². The molecule has 3 heterocycles. The van der Waals surface area contributed by atoms with Crippen molar-refractivity contribution in [2.45, 2.75) is 12.8 Å². The highest BCUT2D eigenvalue weighted by Crippen LogP contribution is 2.27. The number of ether oxygens (including phenoxy) is 1. The molecule has 2 N–H and O–H groups in total. The van der Waals surface area contributed by atoms with Crippen molar-refractivity contribution in [3.63, 3.8) is 0 Å². The van der Waals surface area contributed by atoms with Crippen LogP contribution in [0.1, 0.15) is 12.0 Å². The van der Waals surface area contributed by atoms with Gasteiger partial charge in [-0.3, -0.25) is 14.0 Å². The first-order chi connectivity index (χ1) is 14.6. The van der Waals surface area contributed by atoms with Gasteiger partial charge in [-0.25, -0.2) is 4.98 Å². The molecule has 0 aliphatic carbocycles. The molecule has 0 saturated heterocycles. The molecule has 8 heteroatoms. The Bertz CT molecular complexity index is 1210. The number of nitrogens with zero attached hydrogens (tertiary/aromatic N) is 2. The molecule has 0 saturated carbocycles. The molecule has 0 fully saturated rings. The first-order valence-corrected chi connectivity index (χ1v) is 10.4. The number of anilines is 2. The van der Waals surface area contributed by atoms with Crippen LogP contribution in [-0.2, 0) is 16.0 Å². The van der Waals surface area contributed by atoms with E-state index in [9.17, 15) is 9.59 Å². The van der Waals surface area contributed by atoms with Gasteiger partial charge in [-0.2, -0.15) is 0 Å². The van der Waals surface area contributed by atoms with Crippen LogP contribution >= 0.6 is 11.3 Å². The zero-order chi connectivity index (χ0) is 20.5. The maximum atomic E-state index is 12.2. The summed E-state index contributed by atoms with van der Waals surface area (Å²) in [7, 11) is 0. The highest BCUT2D eigenvalue weighted by molar-refractivity contribution is 7.15. The molecular formula is C22H18N4O3S. The largest absolute Gasteiger partial charge is 0.484 e. The Hall–Kier alpha value is -3.65. The molecule has 150 valence electrons. The number of aryl methyl sites for hydroxylation is 1. The Morgan fingerprint density at radius 1 is 1.20 bits per heavy atom. The highest BCUT2D eigenvalue weighted by Gasteiger charge is 2.15. The summed E-state index contributed by atoms with van der Waals surface area (Å²) in [5, 5.41) is 7.66. The summed E-state index contributed by atoms with van der Waals surface area (Å²) in [5.74, 6) is 0.390. The lowest BCUT2D eigenvalue weighted by Crippen LogP contribution is -2.21. The van der Waals surface area contributed by atoms with Gasteiger partial charge in [0.1, 0.15) is 5.75 Å². The van der Waals surface area contributed by atoms with Crippen molar-refractivity contribution < 1.29 is 14.3 Å². The number of imidazole rings is 1. The van der Waals surface area contributed by atoms with Gasteiger partial charge in [0.05, 0.1) is 5.69 Å². The molecule has 0 bridgehead atoms. The molecule has 0 atom stereocenters. The zero-order valence-corrected chi connectivity index (χ0v) is 16.7. The maximum Gasteiger partial charge on any atom is 0.262 e. The maximum absolute atomic E-state index is 12.2.